The molecule has 1 aliphatic rings. The summed E-state index contributed by atoms with van der Waals surface area (Å²) in [5, 5.41) is 13.4. The van der Waals surface area contributed by atoms with E-state index in [9.17, 15) is 14.7 Å². The maximum absolute atomic E-state index is 12.5. The minimum Gasteiger partial charge on any atom is -0.391 e. The molecule has 25 heavy (non-hydrogen) atoms. The van der Waals surface area contributed by atoms with Gasteiger partial charge in [0.2, 0.25) is 11.8 Å². The molecular formula is C17H19ClN4O3. The molecule has 1 aromatic heterocycles. The maximum atomic E-state index is 12.5. The van der Waals surface area contributed by atoms with Crippen LogP contribution in [0.5, 0.6) is 0 Å². The molecule has 2 amide bonds. The molecule has 1 aromatic carbocycles. The Morgan fingerprint density at radius 1 is 1.32 bits per heavy atom. The van der Waals surface area contributed by atoms with Crippen molar-refractivity contribution in [2.75, 3.05) is 6.54 Å². The third-order valence-electron chi connectivity index (χ3n) is 4.16. The van der Waals surface area contributed by atoms with E-state index in [4.69, 9.17) is 11.6 Å². The number of aliphatic hydroxyl groups excluding tert-OH is 1. The minimum atomic E-state index is -0.696. The average Bonchev–Trinajstić information content (AvgIpc) is 3.23. The largest absolute Gasteiger partial charge is 0.391 e. The lowest BCUT2D eigenvalue weighted by atomic mass is 10.1. The third kappa shape index (κ3) is 4.37. The highest BCUT2D eigenvalue weighted by Crippen LogP contribution is 2.19. The van der Waals surface area contributed by atoms with E-state index in [2.05, 4.69) is 10.3 Å². The molecule has 2 N–H and O–H groups in total. The molecule has 132 valence electrons. The van der Waals surface area contributed by atoms with Gasteiger partial charge in [-0.1, -0.05) is 23.7 Å². The number of hydrogen-bond acceptors (Lipinski definition) is 4. The Labute approximate surface area is 150 Å². The van der Waals surface area contributed by atoms with Crippen LogP contribution in [0.1, 0.15) is 12.0 Å². The number of halogens is 1. The Kier molecular flexibility index (Phi) is 5.35. The van der Waals surface area contributed by atoms with Crippen molar-refractivity contribution >= 4 is 23.4 Å². The number of aliphatic hydroxyl groups is 1. The number of nitrogens with one attached hydrogen (secondary N) is 1. The number of nitrogens with zero attached hydrogens (tertiary/aromatic N) is 3. The highest BCUT2D eigenvalue weighted by Gasteiger charge is 2.38. The second-order valence-electron chi connectivity index (χ2n) is 6.03. The van der Waals surface area contributed by atoms with E-state index in [-0.39, 0.29) is 31.3 Å². The number of amides is 2. The molecule has 2 heterocycles. The van der Waals surface area contributed by atoms with Crippen molar-refractivity contribution in [2.24, 2.45) is 0 Å². The van der Waals surface area contributed by atoms with Crippen molar-refractivity contribution in [1.82, 2.24) is 19.8 Å². The smallest absolute Gasteiger partial charge is 0.243 e. The number of likely N-dealkylation sites (tertiary alicyclic amines) is 1. The second-order valence-corrected chi connectivity index (χ2v) is 6.47. The van der Waals surface area contributed by atoms with Gasteiger partial charge in [0.25, 0.3) is 0 Å². The van der Waals surface area contributed by atoms with Crippen molar-refractivity contribution in [1.29, 1.82) is 0 Å². The number of hydrogen-bond donors (Lipinski definition) is 2. The van der Waals surface area contributed by atoms with Crippen LogP contribution in [0.15, 0.2) is 43.0 Å². The van der Waals surface area contributed by atoms with Crippen LogP contribution in [0.3, 0.4) is 0 Å². The van der Waals surface area contributed by atoms with Gasteiger partial charge in [-0.15, -0.1) is 0 Å². The van der Waals surface area contributed by atoms with Crippen LogP contribution in [0.4, 0.5) is 0 Å². The van der Waals surface area contributed by atoms with Gasteiger partial charge < -0.3 is 19.9 Å². The first-order valence-electron chi connectivity index (χ1n) is 7.98. The summed E-state index contributed by atoms with van der Waals surface area (Å²) in [5.41, 5.74) is 0.910. The van der Waals surface area contributed by atoms with Crippen LogP contribution in [-0.4, -0.2) is 50.1 Å². The van der Waals surface area contributed by atoms with Gasteiger partial charge in [0.15, 0.2) is 0 Å². The van der Waals surface area contributed by atoms with E-state index < -0.39 is 12.1 Å². The Morgan fingerprint density at radius 3 is 2.76 bits per heavy atom. The molecule has 2 atom stereocenters. The molecule has 7 nitrogen and oxygen atoms in total. The highest BCUT2D eigenvalue weighted by atomic mass is 35.5. The summed E-state index contributed by atoms with van der Waals surface area (Å²) < 4.78 is 1.63. The molecule has 0 aliphatic carbocycles. The molecule has 0 bridgehead atoms. The van der Waals surface area contributed by atoms with Crippen LogP contribution in [-0.2, 0) is 22.7 Å². The number of aromatic nitrogens is 2. The zero-order valence-corrected chi connectivity index (χ0v) is 14.3. The maximum Gasteiger partial charge on any atom is 0.243 e. The summed E-state index contributed by atoms with van der Waals surface area (Å²) in [4.78, 5) is 30.3. The first-order chi connectivity index (χ1) is 12.0. The molecular weight excluding hydrogens is 344 g/mol. The van der Waals surface area contributed by atoms with Crippen LogP contribution in [0.25, 0.3) is 0 Å². The fraction of sp³-hybridized carbons (Fsp3) is 0.353. The molecule has 0 spiro atoms. The Morgan fingerprint density at radius 2 is 2.08 bits per heavy atom. The van der Waals surface area contributed by atoms with Gasteiger partial charge in [-0.25, -0.2) is 4.98 Å². The van der Waals surface area contributed by atoms with E-state index in [1.54, 1.807) is 35.4 Å². The monoisotopic (exact) mass is 362 g/mol. The first kappa shape index (κ1) is 17.4. The van der Waals surface area contributed by atoms with E-state index >= 15 is 0 Å². The molecule has 2 unspecified atom stereocenters. The van der Waals surface area contributed by atoms with Crippen molar-refractivity contribution in [2.45, 2.75) is 31.7 Å². The molecule has 3 rings (SSSR count). The van der Waals surface area contributed by atoms with Gasteiger partial charge in [-0.2, -0.15) is 0 Å². The Balaban J connectivity index is 1.61. The van der Waals surface area contributed by atoms with Crippen molar-refractivity contribution in [3.63, 3.8) is 0 Å². The predicted octanol–water partition coefficient (Wildman–Crippen LogP) is 0.815. The topological polar surface area (TPSA) is 87.5 Å². The number of imidazole rings is 1. The fourth-order valence-corrected chi connectivity index (χ4v) is 3.00. The zero-order valence-electron chi connectivity index (χ0n) is 13.5. The Bertz CT molecular complexity index is 733. The molecule has 2 aromatic rings. The van der Waals surface area contributed by atoms with Crippen LogP contribution >= 0.6 is 11.6 Å². The molecule has 1 fully saturated rings. The lowest BCUT2D eigenvalue weighted by Gasteiger charge is -2.23. The average molecular weight is 363 g/mol. The van der Waals surface area contributed by atoms with E-state index in [1.807, 2.05) is 12.1 Å². The standard InChI is InChI=1S/C17H19ClN4O3/c18-13-3-1-12(2-4-13)8-20-17(25)15-7-14(23)9-22(15)16(24)10-21-6-5-19-11-21/h1-6,11,14-15,23H,7-10H2,(H,20,25). The molecule has 1 saturated heterocycles. The van der Waals surface area contributed by atoms with Crippen LogP contribution in [0, 0.1) is 0 Å². The van der Waals surface area contributed by atoms with Gasteiger partial charge in [0, 0.05) is 36.9 Å². The van der Waals surface area contributed by atoms with Gasteiger partial charge >= 0.3 is 0 Å². The zero-order chi connectivity index (χ0) is 17.8. The van der Waals surface area contributed by atoms with E-state index in [0.717, 1.165) is 5.56 Å². The molecule has 8 heteroatoms. The minimum absolute atomic E-state index is 0.0910. The summed E-state index contributed by atoms with van der Waals surface area (Å²) in [7, 11) is 0. The SMILES string of the molecule is O=C(NCc1ccc(Cl)cc1)C1CC(O)CN1C(=O)Cn1ccnc1. The summed E-state index contributed by atoms with van der Waals surface area (Å²) in [6.07, 6.45) is 4.35. The van der Waals surface area contributed by atoms with Gasteiger partial charge in [-0.3, -0.25) is 9.59 Å². The van der Waals surface area contributed by atoms with Gasteiger partial charge in [-0.05, 0) is 17.7 Å². The summed E-state index contributed by atoms with van der Waals surface area (Å²) in [6, 6.07) is 6.49. The number of benzene rings is 1. The number of rotatable bonds is 5. The predicted molar refractivity (Wildman–Crippen MR) is 91.7 cm³/mol. The normalized spacial score (nSPS) is 19.8. The number of carbonyl (C=O) groups excluding carboxylic acids is 2. The first-order valence-corrected chi connectivity index (χ1v) is 8.36. The number of β-amino-alcohol motifs (C(OH)–C–C–N with tert-alkyl or cyclic N) is 1. The summed E-state index contributed by atoms with van der Waals surface area (Å²) >= 11 is 5.84. The third-order valence-corrected chi connectivity index (χ3v) is 4.41. The van der Waals surface area contributed by atoms with E-state index in [1.165, 1.54) is 4.90 Å². The fourth-order valence-electron chi connectivity index (χ4n) is 2.87. The van der Waals surface area contributed by atoms with E-state index in [0.29, 0.717) is 11.6 Å². The van der Waals surface area contributed by atoms with Gasteiger partial charge in [0.1, 0.15) is 12.6 Å². The lowest BCUT2D eigenvalue weighted by molar-refractivity contribution is -0.139. The van der Waals surface area contributed by atoms with Crippen LogP contribution in [0.2, 0.25) is 5.02 Å². The van der Waals surface area contributed by atoms with Gasteiger partial charge in [0.05, 0.1) is 12.4 Å². The summed E-state index contributed by atoms with van der Waals surface area (Å²) in [5.74, 6) is -0.494. The van der Waals surface area contributed by atoms with Crippen molar-refractivity contribution < 1.29 is 14.7 Å². The number of carbonyl (C=O) groups is 2. The molecule has 1 aliphatic heterocycles. The lowest BCUT2D eigenvalue weighted by Crippen LogP contribution is -2.46. The summed E-state index contributed by atoms with van der Waals surface area (Å²) in [6.45, 7) is 0.590. The quantitative estimate of drug-likeness (QED) is 0.824. The molecule has 0 saturated carbocycles. The van der Waals surface area contributed by atoms with Crippen LogP contribution < -0.4 is 5.32 Å². The second kappa shape index (κ2) is 7.67. The highest BCUT2D eigenvalue weighted by molar-refractivity contribution is 6.30. The van der Waals surface area contributed by atoms with Crippen molar-refractivity contribution in [3.05, 3.63) is 53.6 Å². The Hall–Kier alpha value is -2.38. The molecule has 0 radical (unpaired) electrons. The van der Waals surface area contributed by atoms with Crippen molar-refractivity contribution in [3.8, 4) is 0 Å².